The Morgan fingerprint density at radius 3 is 2.45 bits per heavy atom. The molecule has 1 saturated carbocycles. The molecule has 1 aliphatic heterocycles. The predicted octanol–water partition coefficient (Wildman–Crippen LogP) is 1.75. The van der Waals surface area contributed by atoms with Crippen molar-refractivity contribution in [1.29, 1.82) is 0 Å². The molecular formula is C20H20FN3O4S. The fraction of sp³-hybridized carbons (Fsp3) is 0.300. The highest BCUT2D eigenvalue weighted by molar-refractivity contribution is 7.89. The molecule has 9 heteroatoms. The van der Waals surface area contributed by atoms with Crippen LogP contribution in [0.1, 0.15) is 48.4 Å². The number of hydrogen-bond donors (Lipinski definition) is 3. The maximum absolute atomic E-state index is 14.4. The first-order valence-corrected chi connectivity index (χ1v) is 10.8. The summed E-state index contributed by atoms with van der Waals surface area (Å²) in [6.07, 6.45) is 4.67. The second kappa shape index (κ2) is 7.23. The van der Waals surface area contributed by atoms with E-state index in [0.717, 1.165) is 30.5 Å². The van der Waals surface area contributed by atoms with Crippen molar-refractivity contribution in [1.82, 2.24) is 10.3 Å². The molecule has 7 nitrogen and oxygen atoms in total. The quantitative estimate of drug-likeness (QED) is 0.686. The number of H-pyrrole nitrogens is 1. The summed E-state index contributed by atoms with van der Waals surface area (Å²) in [5.74, 6) is -0.789. The van der Waals surface area contributed by atoms with E-state index in [1.807, 2.05) is 0 Å². The van der Waals surface area contributed by atoms with Crippen molar-refractivity contribution in [2.45, 2.75) is 42.5 Å². The van der Waals surface area contributed by atoms with Crippen LogP contribution in [0.4, 0.5) is 4.39 Å². The van der Waals surface area contributed by atoms with Crippen molar-refractivity contribution in [3.63, 3.8) is 0 Å². The van der Waals surface area contributed by atoms with Gasteiger partial charge in [-0.05, 0) is 48.9 Å². The van der Waals surface area contributed by atoms with Crippen LogP contribution >= 0.6 is 0 Å². The fourth-order valence-electron chi connectivity index (χ4n) is 3.56. The number of halogens is 1. The lowest BCUT2D eigenvalue weighted by atomic mass is 9.98. The van der Waals surface area contributed by atoms with Gasteiger partial charge in [-0.15, -0.1) is 0 Å². The molecule has 2 fully saturated rings. The van der Waals surface area contributed by atoms with Crippen LogP contribution < -0.4 is 16.0 Å². The molecule has 1 saturated heterocycles. The first-order valence-electron chi connectivity index (χ1n) is 9.30. The minimum absolute atomic E-state index is 0.0843. The number of carbonyl (C=O) groups is 1. The van der Waals surface area contributed by atoms with Gasteiger partial charge in [-0.2, -0.15) is 0 Å². The zero-order valence-electron chi connectivity index (χ0n) is 15.4. The monoisotopic (exact) mass is 417 g/mol. The van der Waals surface area contributed by atoms with E-state index in [9.17, 15) is 22.4 Å². The van der Waals surface area contributed by atoms with E-state index < -0.39 is 20.7 Å². The summed E-state index contributed by atoms with van der Waals surface area (Å²) in [5.41, 5.74) is 1.84. The van der Waals surface area contributed by atoms with E-state index in [4.69, 9.17) is 5.14 Å². The molecule has 0 radical (unpaired) electrons. The van der Waals surface area contributed by atoms with E-state index in [2.05, 4.69) is 10.3 Å². The van der Waals surface area contributed by atoms with E-state index in [1.165, 1.54) is 6.07 Å². The lowest BCUT2D eigenvalue weighted by Crippen LogP contribution is -2.24. The molecule has 2 heterocycles. The van der Waals surface area contributed by atoms with Gasteiger partial charge in [0.25, 0.3) is 5.56 Å². The van der Waals surface area contributed by atoms with Crippen LogP contribution in [0.15, 0.2) is 46.1 Å². The fourth-order valence-corrected chi connectivity index (χ4v) is 4.15. The van der Waals surface area contributed by atoms with E-state index in [1.54, 1.807) is 18.2 Å². The van der Waals surface area contributed by atoms with Crippen molar-refractivity contribution in [2.24, 2.45) is 5.14 Å². The summed E-state index contributed by atoms with van der Waals surface area (Å²) >= 11 is 0. The maximum atomic E-state index is 14.4. The van der Waals surface area contributed by atoms with Gasteiger partial charge in [0.05, 0.1) is 0 Å². The Balaban J connectivity index is 1.80. The Labute approximate surface area is 166 Å². The SMILES string of the molecule is NS(=O)(=O)c1ccc(/C(=C\[C@H]2CCC(=O)N2)c2ccc(C3CC3)c(=O)[nH]2)cc1F. The van der Waals surface area contributed by atoms with Gasteiger partial charge in [0, 0.05) is 29.3 Å². The molecular weight excluding hydrogens is 397 g/mol. The normalized spacial score (nSPS) is 20.0. The number of carbonyl (C=O) groups excluding carboxylic acids is 1. The van der Waals surface area contributed by atoms with Gasteiger partial charge in [-0.25, -0.2) is 17.9 Å². The largest absolute Gasteiger partial charge is 0.350 e. The number of sulfonamides is 1. The van der Waals surface area contributed by atoms with E-state index in [0.29, 0.717) is 29.7 Å². The molecule has 1 atom stereocenters. The lowest BCUT2D eigenvalue weighted by Gasteiger charge is -2.13. The summed E-state index contributed by atoms with van der Waals surface area (Å²) in [4.78, 5) is 26.3. The average Bonchev–Trinajstić information content (AvgIpc) is 3.40. The Kier molecular flexibility index (Phi) is 4.87. The second-order valence-corrected chi connectivity index (χ2v) is 8.94. The minimum atomic E-state index is -4.19. The van der Waals surface area contributed by atoms with Crippen LogP contribution in [0.5, 0.6) is 0 Å². The smallest absolute Gasteiger partial charge is 0.251 e. The molecule has 1 aromatic carbocycles. The molecule has 29 heavy (non-hydrogen) atoms. The standard InChI is InChI=1S/C20H20FN3O4S/c21-16-9-12(3-7-18(16)29(22,27)28)15(10-13-4-8-19(25)23-13)17-6-5-14(11-1-2-11)20(26)24-17/h3,5-7,9-11,13H,1-2,4,8H2,(H,23,25)(H,24,26)(H2,22,27,28)/b15-10+/t13-/m1/s1. The third-order valence-corrected chi connectivity index (χ3v) is 6.14. The molecule has 0 unspecified atom stereocenters. The number of nitrogens with one attached hydrogen (secondary N) is 2. The minimum Gasteiger partial charge on any atom is -0.350 e. The van der Waals surface area contributed by atoms with E-state index >= 15 is 0 Å². The molecule has 1 aromatic heterocycles. The van der Waals surface area contributed by atoms with Crippen LogP contribution in [-0.4, -0.2) is 25.4 Å². The number of amides is 1. The molecule has 4 N–H and O–H groups in total. The first-order chi connectivity index (χ1) is 13.7. The number of benzene rings is 1. The number of rotatable bonds is 5. The van der Waals surface area contributed by atoms with Gasteiger partial charge in [0.15, 0.2) is 0 Å². The molecule has 2 aromatic rings. The Morgan fingerprint density at radius 1 is 1.14 bits per heavy atom. The van der Waals surface area contributed by atoms with Crippen LogP contribution in [0.3, 0.4) is 0 Å². The number of hydrogen-bond acceptors (Lipinski definition) is 4. The molecule has 1 amide bonds. The van der Waals surface area contributed by atoms with Gasteiger partial charge < -0.3 is 10.3 Å². The molecule has 4 rings (SSSR count). The lowest BCUT2D eigenvalue weighted by molar-refractivity contribution is -0.119. The highest BCUT2D eigenvalue weighted by Crippen LogP contribution is 2.38. The van der Waals surface area contributed by atoms with Crippen LogP contribution in [-0.2, 0) is 14.8 Å². The zero-order valence-corrected chi connectivity index (χ0v) is 16.3. The number of aromatic nitrogens is 1. The summed E-state index contributed by atoms with van der Waals surface area (Å²) in [6, 6.07) is 6.83. The predicted molar refractivity (Wildman–Crippen MR) is 105 cm³/mol. The van der Waals surface area contributed by atoms with Crippen molar-refractivity contribution < 1.29 is 17.6 Å². The van der Waals surface area contributed by atoms with Crippen molar-refractivity contribution >= 4 is 21.5 Å². The van der Waals surface area contributed by atoms with Crippen LogP contribution in [0.2, 0.25) is 0 Å². The summed E-state index contributed by atoms with van der Waals surface area (Å²) in [7, 11) is -4.19. The topological polar surface area (TPSA) is 122 Å². The third-order valence-electron chi connectivity index (χ3n) is 5.19. The first kappa shape index (κ1) is 19.5. The van der Waals surface area contributed by atoms with Crippen LogP contribution in [0.25, 0.3) is 5.57 Å². The molecule has 1 aliphatic carbocycles. The van der Waals surface area contributed by atoms with Gasteiger partial charge in [-0.3, -0.25) is 9.59 Å². The molecule has 152 valence electrons. The van der Waals surface area contributed by atoms with Gasteiger partial charge >= 0.3 is 0 Å². The van der Waals surface area contributed by atoms with Crippen LogP contribution in [0, 0.1) is 5.82 Å². The van der Waals surface area contributed by atoms with Gasteiger partial charge in [-0.1, -0.05) is 18.2 Å². The van der Waals surface area contributed by atoms with Gasteiger partial charge in [0.2, 0.25) is 15.9 Å². The van der Waals surface area contributed by atoms with E-state index in [-0.39, 0.29) is 23.4 Å². The highest BCUT2D eigenvalue weighted by Gasteiger charge is 2.27. The Bertz CT molecular complexity index is 1180. The maximum Gasteiger partial charge on any atom is 0.251 e. The summed E-state index contributed by atoms with van der Waals surface area (Å²) in [6.45, 7) is 0. The summed E-state index contributed by atoms with van der Waals surface area (Å²) in [5, 5.41) is 7.85. The zero-order chi connectivity index (χ0) is 20.8. The average molecular weight is 417 g/mol. The third kappa shape index (κ3) is 4.15. The number of nitrogens with two attached hydrogens (primary N) is 1. The van der Waals surface area contributed by atoms with Crippen molar-refractivity contribution in [3.05, 3.63) is 69.4 Å². The second-order valence-electron chi connectivity index (χ2n) is 7.41. The van der Waals surface area contributed by atoms with Crippen molar-refractivity contribution in [2.75, 3.05) is 0 Å². The van der Waals surface area contributed by atoms with Gasteiger partial charge in [0.1, 0.15) is 10.7 Å². The number of pyridine rings is 1. The molecule has 2 aliphatic rings. The Hall–Kier alpha value is -2.78. The number of primary sulfonamides is 1. The molecule has 0 spiro atoms. The van der Waals surface area contributed by atoms with Crippen molar-refractivity contribution in [3.8, 4) is 0 Å². The Morgan fingerprint density at radius 2 is 1.90 bits per heavy atom. The highest BCUT2D eigenvalue weighted by atomic mass is 32.2. The number of aromatic amines is 1. The summed E-state index contributed by atoms with van der Waals surface area (Å²) < 4.78 is 37.4. The molecule has 0 bridgehead atoms.